The van der Waals surface area contributed by atoms with Gasteiger partial charge in [-0.3, -0.25) is 4.79 Å². The molecule has 1 amide bonds. The number of hydrogen-bond acceptors (Lipinski definition) is 3. The van der Waals surface area contributed by atoms with E-state index in [4.69, 9.17) is 0 Å². The molecule has 0 saturated heterocycles. The Morgan fingerprint density at radius 1 is 1.13 bits per heavy atom. The van der Waals surface area contributed by atoms with Gasteiger partial charge in [0.05, 0.1) is 11.6 Å². The Labute approximate surface area is 136 Å². The summed E-state index contributed by atoms with van der Waals surface area (Å²) < 4.78 is 0. The molecule has 0 radical (unpaired) electrons. The van der Waals surface area contributed by atoms with Crippen molar-refractivity contribution in [3.05, 3.63) is 59.7 Å². The predicted molar refractivity (Wildman–Crippen MR) is 89.8 cm³/mol. The van der Waals surface area contributed by atoms with Crippen LogP contribution in [0.2, 0.25) is 0 Å². The fourth-order valence-electron chi connectivity index (χ4n) is 2.32. The Hall–Kier alpha value is -2.64. The number of carbonyl (C=O) groups is 1. The van der Waals surface area contributed by atoms with Gasteiger partial charge in [-0.15, -0.1) is 0 Å². The van der Waals surface area contributed by atoms with E-state index in [0.717, 1.165) is 11.1 Å². The maximum Gasteiger partial charge on any atom is 0.252 e. The lowest BCUT2D eigenvalue weighted by Crippen LogP contribution is -2.38. The lowest BCUT2D eigenvalue weighted by atomic mass is 9.95. The van der Waals surface area contributed by atoms with Crippen LogP contribution < -0.4 is 5.32 Å². The minimum atomic E-state index is -0.207. The van der Waals surface area contributed by atoms with Gasteiger partial charge >= 0.3 is 0 Å². The van der Waals surface area contributed by atoms with Crippen LogP contribution in [0, 0.1) is 17.2 Å². The van der Waals surface area contributed by atoms with Crippen molar-refractivity contribution in [3.63, 3.8) is 0 Å². The molecule has 2 atom stereocenters. The molecule has 118 valence electrons. The first kappa shape index (κ1) is 16.7. The third-order valence-electron chi connectivity index (χ3n) is 4.01. The summed E-state index contributed by atoms with van der Waals surface area (Å²) in [4.78, 5) is 12.6. The van der Waals surface area contributed by atoms with Crippen LogP contribution in [0.5, 0.6) is 0 Å². The monoisotopic (exact) mass is 308 g/mol. The van der Waals surface area contributed by atoms with E-state index in [-0.39, 0.29) is 24.5 Å². The predicted octanol–water partition coefficient (Wildman–Crippen LogP) is 2.97. The first-order chi connectivity index (χ1) is 11.1. The first-order valence-corrected chi connectivity index (χ1v) is 7.58. The zero-order valence-electron chi connectivity index (χ0n) is 13.3. The van der Waals surface area contributed by atoms with Gasteiger partial charge in [-0.1, -0.05) is 43.3 Å². The summed E-state index contributed by atoms with van der Waals surface area (Å²) in [5.74, 6) is -0.237. The number of nitrogens with zero attached hydrogens (tertiary/aromatic N) is 1. The maximum atomic E-state index is 12.6. The second-order valence-electron chi connectivity index (χ2n) is 5.62. The van der Waals surface area contributed by atoms with E-state index in [1.807, 2.05) is 38.1 Å². The normalized spacial score (nSPS) is 13.0. The molecule has 2 aromatic rings. The SMILES string of the molecule is CC(CO)C(C)NC(=O)c1ccccc1-c1ccccc1C#N. The molecule has 23 heavy (non-hydrogen) atoms. The molecule has 4 nitrogen and oxygen atoms in total. The third kappa shape index (κ3) is 3.77. The van der Waals surface area contributed by atoms with Gasteiger partial charge in [0.2, 0.25) is 0 Å². The fraction of sp³-hybridized carbons (Fsp3) is 0.263. The summed E-state index contributed by atoms with van der Waals surface area (Å²) in [6.45, 7) is 3.76. The molecule has 0 aliphatic heterocycles. The summed E-state index contributed by atoms with van der Waals surface area (Å²) in [6, 6.07) is 16.5. The zero-order valence-corrected chi connectivity index (χ0v) is 13.3. The Morgan fingerprint density at radius 3 is 2.39 bits per heavy atom. The van der Waals surface area contributed by atoms with Crippen LogP contribution in [0.1, 0.15) is 29.8 Å². The number of carbonyl (C=O) groups excluding carboxylic acids is 1. The standard InChI is InChI=1S/C19H20N2O2/c1-13(12-22)14(2)21-19(23)18-10-6-5-9-17(18)16-8-4-3-7-15(16)11-20/h3-10,13-14,22H,12H2,1-2H3,(H,21,23). The molecule has 0 bridgehead atoms. The summed E-state index contributed by atoms with van der Waals surface area (Å²) in [7, 11) is 0. The Kier molecular flexibility index (Phi) is 5.51. The van der Waals surface area contributed by atoms with E-state index in [2.05, 4.69) is 11.4 Å². The van der Waals surface area contributed by atoms with Gasteiger partial charge in [0.15, 0.2) is 0 Å². The highest BCUT2D eigenvalue weighted by Gasteiger charge is 2.18. The molecule has 2 aromatic carbocycles. The zero-order chi connectivity index (χ0) is 16.8. The van der Waals surface area contributed by atoms with Crippen LogP contribution >= 0.6 is 0 Å². The van der Waals surface area contributed by atoms with E-state index < -0.39 is 0 Å². The molecule has 0 aliphatic rings. The van der Waals surface area contributed by atoms with Crippen molar-refractivity contribution in [3.8, 4) is 17.2 Å². The van der Waals surface area contributed by atoms with E-state index in [9.17, 15) is 15.2 Å². The maximum absolute atomic E-state index is 12.6. The highest BCUT2D eigenvalue weighted by atomic mass is 16.3. The van der Waals surface area contributed by atoms with Crippen molar-refractivity contribution in [2.75, 3.05) is 6.61 Å². The molecule has 2 rings (SSSR count). The number of nitriles is 1. The van der Waals surface area contributed by atoms with Gasteiger partial charge in [0.25, 0.3) is 5.91 Å². The Bertz CT molecular complexity index is 734. The van der Waals surface area contributed by atoms with Gasteiger partial charge in [-0.05, 0) is 30.5 Å². The van der Waals surface area contributed by atoms with Crippen molar-refractivity contribution < 1.29 is 9.90 Å². The van der Waals surface area contributed by atoms with Crippen LogP contribution in [0.15, 0.2) is 48.5 Å². The number of amides is 1. The Morgan fingerprint density at radius 2 is 1.74 bits per heavy atom. The highest BCUT2D eigenvalue weighted by Crippen LogP contribution is 2.27. The van der Waals surface area contributed by atoms with E-state index in [1.165, 1.54) is 0 Å². The topological polar surface area (TPSA) is 73.1 Å². The van der Waals surface area contributed by atoms with Gasteiger partial charge in [-0.2, -0.15) is 5.26 Å². The number of aliphatic hydroxyl groups is 1. The minimum Gasteiger partial charge on any atom is -0.396 e. The van der Waals surface area contributed by atoms with Crippen molar-refractivity contribution >= 4 is 5.91 Å². The molecule has 4 heteroatoms. The first-order valence-electron chi connectivity index (χ1n) is 7.58. The fourth-order valence-corrected chi connectivity index (χ4v) is 2.32. The van der Waals surface area contributed by atoms with Gasteiger partial charge in [0, 0.05) is 23.8 Å². The lowest BCUT2D eigenvalue weighted by molar-refractivity contribution is 0.0917. The van der Waals surface area contributed by atoms with Crippen molar-refractivity contribution in [1.29, 1.82) is 5.26 Å². The second kappa shape index (κ2) is 7.57. The molecule has 0 fully saturated rings. The molecule has 0 spiro atoms. The number of benzene rings is 2. The molecule has 0 saturated carbocycles. The molecular formula is C19H20N2O2. The molecule has 2 unspecified atom stereocenters. The third-order valence-corrected chi connectivity index (χ3v) is 4.01. The molecular weight excluding hydrogens is 288 g/mol. The summed E-state index contributed by atoms with van der Waals surface area (Å²) in [5.41, 5.74) is 2.52. The van der Waals surface area contributed by atoms with Crippen LogP contribution in [0.25, 0.3) is 11.1 Å². The molecule has 2 N–H and O–H groups in total. The average molecular weight is 308 g/mol. The second-order valence-corrected chi connectivity index (χ2v) is 5.62. The quantitative estimate of drug-likeness (QED) is 0.892. The van der Waals surface area contributed by atoms with Crippen molar-refractivity contribution in [1.82, 2.24) is 5.32 Å². The van der Waals surface area contributed by atoms with E-state index in [1.54, 1.807) is 24.3 Å². The lowest BCUT2D eigenvalue weighted by Gasteiger charge is -2.20. The highest BCUT2D eigenvalue weighted by molar-refractivity contribution is 6.01. The smallest absolute Gasteiger partial charge is 0.252 e. The number of nitrogens with one attached hydrogen (secondary N) is 1. The Balaban J connectivity index is 2.39. The molecule has 0 aromatic heterocycles. The molecule has 0 heterocycles. The number of aliphatic hydroxyl groups excluding tert-OH is 1. The van der Waals surface area contributed by atoms with Crippen molar-refractivity contribution in [2.45, 2.75) is 19.9 Å². The number of hydrogen-bond donors (Lipinski definition) is 2. The molecule has 0 aliphatic carbocycles. The van der Waals surface area contributed by atoms with E-state index >= 15 is 0 Å². The van der Waals surface area contributed by atoms with E-state index in [0.29, 0.717) is 11.1 Å². The van der Waals surface area contributed by atoms with Gasteiger partial charge < -0.3 is 10.4 Å². The summed E-state index contributed by atoms with van der Waals surface area (Å²) in [6.07, 6.45) is 0. The largest absolute Gasteiger partial charge is 0.396 e. The van der Waals surface area contributed by atoms with Crippen LogP contribution in [-0.2, 0) is 0 Å². The van der Waals surface area contributed by atoms with Crippen LogP contribution in [0.3, 0.4) is 0 Å². The summed E-state index contributed by atoms with van der Waals surface area (Å²) >= 11 is 0. The van der Waals surface area contributed by atoms with Gasteiger partial charge in [0.1, 0.15) is 0 Å². The number of rotatable bonds is 5. The average Bonchev–Trinajstić information content (AvgIpc) is 2.60. The van der Waals surface area contributed by atoms with Crippen LogP contribution in [-0.4, -0.2) is 23.7 Å². The van der Waals surface area contributed by atoms with Crippen LogP contribution in [0.4, 0.5) is 0 Å². The summed E-state index contributed by atoms with van der Waals surface area (Å²) in [5, 5.41) is 21.4. The van der Waals surface area contributed by atoms with Crippen molar-refractivity contribution in [2.24, 2.45) is 5.92 Å². The van der Waals surface area contributed by atoms with Gasteiger partial charge in [-0.25, -0.2) is 0 Å². The minimum absolute atomic E-state index is 0.0142.